The molecule has 1 N–H and O–H groups in total. The lowest BCUT2D eigenvalue weighted by Gasteiger charge is -2.19. The Labute approximate surface area is 103 Å². The summed E-state index contributed by atoms with van der Waals surface area (Å²) in [7, 11) is 1.60. The van der Waals surface area contributed by atoms with Gasteiger partial charge in [-0.05, 0) is 38.5 Å². The molecular formula is C14H20O3. The molecule has 3 nitrogen and oxygen atoms in total. The van der Waals surface area contributed by atoms with Crippen LogP contribution in [0.25, 0.3) is 6.08 Å². The highest BCUT2D eigenvalue weighted by molar-refractivity contribution is 5.55. The molecular weight excluding hydrogens is 216 g/mol. The zero-order valence-corrected chi connectivity index (χ0v) is 10.9. The van der Waals surface area contributed by atoms with Gasteiger partial charge in [0.25, 0.3) is 0 Å². The average Bonchev–Trinajstić information content (AvgIpc) is 2.26. The third-order valence-corrected chi connectivity index (χ3v) is 2.13. The molecule has 0 atom stereocenters. The molecule has 0 saturated carbocycles. The third kappa shape index (κ3) is 4.49. The molecule has 0 radical (unpaired) electrons. The number of hydrogen-bond acceptors (Lipinski definition) is 3. The summed E-state index contributed by atoms with van der Waals surface area (Å²) in [6, 6.07) is 5.70. The molecule has 0 aliphatic rings. The number of rotatable bonds is 5. The van der Waals surface area contributed by atoms with E-state index in [1.165, 1.54) is 0 Å². The predicted molar refractivity (Wildman–Crippen MR) is 69.5 cm³/mol. The van der Waals surface area contributed by atoms with Gasteiger partial charge in [0.1, 0.15) is 6.61 Å². The minimum atomic E-state index is -0.854. The standard InChI is InChI=1S/C14H20O3/c1-5-6-11-7-8-12(13(9-11)16-4)17-10-14(2,3)15/h5-9,15H,10H2,1-4H3/b6-5+. The molecule has 0 bridgehead atoms. The lowest BCUT2D eigenvalue weighted by Crippen LogP contribution is -2.27. The average molecular weight is 236 g/mol. The Morgan fingerprint density at radius 3 is 2.53 bits per heavy atom. The Bertz CT molecular complexity index is 389. The van der Waals surface area contributed by atoms with Gasteiger partial charge in [0.2, 0.25) is 0 Å². The van der Waals surface area contributed by atoms with Gasteiger partial charge in [0, 0.05) is 0 Å². The first-order valence-corrected chi connectivity index (χ1v) is 5.62. The highest BCUT2D eigenvalue weighted by atomic mass is 16.5. The van der Waals surface area contributed by atoms with E-state index in [9.17, 15) is 5.11 Å². The molecule has 94 valence electrons. The number of allylic oxidation sites excluding steroid dienone is 1. The Morgan fingerprint density at radius 2 is 2.00 bits per heavy atom. The van der Waals surface area contributed by atoms with Crippen molar-refractivity contribution in [3.63, 3.8) is 0 Å². The molecule has 0 aliphatic carbocycles. The van der Waals surface area contributed by atoms with E-state index in [-0.39, 0.29) is 6.61 Å². The van der Waals surface area contributed by atoms with Gasteiger partial charge >= 0.3 is 0 Å². The van der Waals surface area contributed by atoms with E-state index in [2.05, 4.69) is 0 Å². The van der Waals surface area contributed by atoms with Gasteiger partial charge in [-0.15, -0.1) is 0 Å². The highest BCUT2D eigenvalue weighted by Crippen LogP contribution is 2.29. The second-order valence-corrected chi connectivity index (χ2v) is 4.51. The normalized spacial score (nSPS) is 11.8. The van der Waals surface area contributed by atoms with Gasteiger partial charge in [-0.1, -0.05) is 18.2 Å². The van der Waals surface area contributed by atoms with Crippen molar-refractivity contribution < 1.29 is 14.6 Å². The van der Waals surface area contributed by atoms with Crippen LogP contribution in [0, 0.1) is 0 Å². The minimum absolute atomic E-state index is 0.228. The van der Waals surface area contributed by atoms with Crippen molar-refractivity contribution in [2.24, 2.45) is 0 Å². The quantitative estimate of drug-likeness (QED) is 0.854. The van der Waals surface area contributed by atoms with Crippen molar-refractivity contribution in [2.75, 3.05) is 13.7 Å². The fourth-order valence-corrected chi connectivity index (χ4v) is 1.35. The lowest BCUT2D eigenvalue weighted by atomic mass is 10.1. The number of aliphatic hydroxyl groups is 1. The van der Waals surface area contributed by atoms with Crippen LogP contribution in [0.3, 0.4) is 0 Å². The summed E-state index contributed by atoms with van der Waals surface area (Å²) in [5, 5.41) is 9.60. The first kappa shape index (κ1) is 13.6. The van der Waals surface area contributed by atoms with E-state index >= 15 is 0 Å². The molecule has 0 saturated heterocycles. The molecule has 0 amide bonds. The van der Waals surface area contributed by atoms with E-state index in [1.807, 2.05) is 37.3 Å². The summed E-state index contributed by atoms with van der Waals surface area (Å²) in [5.74, 6) is 1.31. The Balaban J connectivity index is 2.85. The Morgan fingerprint density at radius 1 is 1.29 bits per heavy atom. The molecule has 0 heterocycles. The first-order chi connectivity index (χ1) is 7.96. The maximum Gasteiger partial charge on any atom is 0.161 e. The summed E-state index contributed by atoms with van der Waals surface area (Å²) >= 11 is 0. The second kappa shape index (κ2) is 5.73. The first-order valence-electron chi connectivity index (χ1n) is 5.62. The zero-order chi connectivity index (χ0) is 12.9. The summed E-state index contributed by atoms with van der Waals surface area (Å²) in [6.45, 7) is 5.60. The van der Waals surface area contributed by atoms with Crippen LogP contribution in [-0.4, -0.2) is 24.4 Å². The zero-order valence-electron chi connectivity index (χ0n) is 10.9. The minimum Gasteiger partial charge on any atom is -0.493 e. The SMILES string of the molecule is C/C=C/c1ccc(OCC(C)(C)O)c(OC)c1. The number of hydrogen-bond donors (Lipinski definition) is 1. The van der Waals surface area contributed by atoms with Crippen molar-refractivity contribution >= 4 is 6.08 Å². The maximum absolute atomic E-state index is 9.60. The summed E-state index contributed by atoms with van der Waals surface area (Å²) in [5.41, 5.74) is 0.201. The molecule has 1 rings (SSSR count). The van der Waals surface area contributed by atoms with Crippen LogP contribution in [0.4, 0.5) is 0 Å². The van der Waals surface area contributed by atoms with Gasteiger partial charge in [0.05, 0.1) is 12.7 Å². The van der Waals surface area contributed by atoms with Gasteiger partial charge < -0.3 is 14.6 Å². The molecule has 17 heavy (non-hydrogen) atoms. The number of ether oxygens (including phenoxy) is 2. The van der Waals surface area contributed by atoms with Crippen molar-refractivity contribution in [2.45, 2.75) is 26.4 Å². The fourth-order valence-electron chi connectivity index (χ4n) is 1.35. The summed E-state index contributed by atoms with van der Waals surface area (Å²) < 4.78 is 10.8. The van der Waals surface area contributed by atoms with Crippen LogP contribution >= 0.6 is 0 Å². The predicted octanol–water partition coefficient (Wildman–Crippen LogP) is 2.88. The van der Waals surface area contributed by atoms with Crippen molar-refractivity contribution in [1.29, 1.82) is 0 Å². The van der Waals surface area contributed by atoms with Crippen LogP contribution in [0.1, 0.15) is 26.3 Å². The largest absolute Gasteiger partial charge is 0.493 e. The van der Waals surface area contributed by atoms with Crippen LogP contribution in [0.15, 0.2) is 24.3 Å². The molecule has 1 aromatic rings. The Kier molecular flexibility index (Phi) is 4.58. The van der Waals surface area contributed by atoms with E-state index < -0.39 is 5.60 Å². The van der Waals surface area contributed by atoms with Crippen molar-refractivity contribution in [1.82, 2.24) is 0 Å². The number of benzene rings is 1. The van der Waals surface area contributed by atoms with Gasteiger partial charge in [-0.25, -0.2) is 0 Å². The molecule has 0 aromatic heterocycles. The smallest absolute Gasteiger partial charge is 0.161 e. The van der Waals surface area contributed by atoms with Crippen LogP contribution in [0.5, 0.6) is 11.5 Å². The topological polar surface area (TPSA) is 38.7 Å². The molecule has 1 aromatic carbocycles. The van der Waals surface area contributed by atoms with E-state index in [0.717, 1.165) is 5.56 Å². The van der Waals surface area contributed by atoms with Crippen LogP contribution in [0.2, 0.25) is 0 Å². The van der Waals surface area contributed by atoms with Gasteiger partial charge in [-0.2, -0.15) is 0 Å². The molecule has 0 unspecified atom stereocenters. The fraction of sp³-hybridized carbons (Fsp3) is 0.429. The van der Waals surface area contributed by atoms with Crippen molar-refractivity contribution in [3.05, 3.63) is 29.8 Å². The maximum atomic E-state index is 9.60. The van der Waals surface area contributed by atoms with Crippen LogP contribution < -0.4 is 9.47 Å². The third-order valence-electron chi connectivity index (χ3n) is 2.13. The molecule has 3 heteroatoms. The second-order valence-electron chi connectivity index (χ2n) is 4.51. The molecule has 0 aliphatic heterocycles. The van der Waals surface area contributed by atoms with E-state index in [0.29, 0.717) is 11.5 Å². The summed E-state index contributed by atoms with van der Waals surface area (Å²) in [4.78, 5) is 0. The highest BCUT2D eigenvalue weighted by Gasteiger charge is 2.15. The van der Waals surface area contributed by atoms with Crippen LogP contribution in [-0.2, 0) is 0 Å². The monoisotopic (exact) mass is 236 g/mol. The van der Waals surface area contributed by atoms with Gasteiger partial charge in [0.15, 0.2) is 11.5 Å². The molecule has 0 spiro atoms. The summed E-state index contributed by atoms with van der Waals surface area (Å²) in [6.07, 6.45) is 3.95. The number of methoxy groups -OCH3 is 1. The van der Waals surface area contributed by atoms with Gasteiger partial charge in [-0.3, -0.25) is 0 Å². The lowest BCUT2D eigenvalue weighted by molar-refractivity contribution is 0.0276. The van der Waals surface area contributed by atoms with E-state index in [4.69, 9.17) is 9.47 Å². The van der Waals surface area contributed by atoms with Crippen molar-refractivity contribution in [3.8, 4) is 11.5 Å². The Hall–Kier alpha value is -1.48. The van der Waals surface area contributed by atoms with E-state index in [1.54, 1.807) is 21.0 Å². The molecule has 0 fully saturated rings.